The molecule has 2 aromatic carbocycles. The van der Waals surface area contributed by atoms with Gasteiger partial charge < -0.3 is 32.2 Å². The van der Waals surface area contributed by atoms with E-state index < -0.39 is 12.1 Å². The van der Waals surface area contributed by atoms with Crippen LogP contribution in [0, 0.1) is 11.7 Å². The van der Waals surface area contributed by atoms with Crippen LogP contribution >= 0.6 is 0 Å². The summed E-state index contributed by atoms with van der Waals surface area (Å²) in [6.45, 7) is 16.3. The zero-order valence-corrected chi connectivity index (χ0v) is 30.5. The number of hydrogen-bond acceptors (Lipinski definition) is 6. The standard InChI is InChI=1S/C21H28FN7O.C16H24F3NO/c1-21(2,3)17-9-14-12-29(20(30)28-18(14)27-17)15-6-5-13(16(22)10-15)11-25-7-4-8-26-19(23)24;1-11(10-20)5-6-12-7-13(15(2,3)4)9-14(8-12)21-16(17,18)19/h5-6,9-10,12,25H,4,7-8,11H2,1-3H3,(H4,23,24,26)(H,27,28,30);7-9,11H,5-6,10,20H2,1-4H3/t;11-/m.0/s1. The zero-order chi connectivity index (χ0) is 38.1. The normalized spacial score (nSPS) is 12.7. The van der Waals surface area contributed by atoms with Crippen molar-refractivity contribution in [1.82, 2.24) is 19.9 Å². The zero-order valence-electron chi connectivity index (χ0n) is 30.5. The van der Waals surface area contributed by atoms with E-state index in [0.29, 0.717) is 55.4 Å². The first-order chi connectivity index (χ1) is 23.7. The van der Waals surface area contributed by atoms with Crippen LogP contribution in [0.1, 0.15) is 83.7 Å². The van der Waals surface area contributed by atoms with E-state index in [1.807, 2.05) is 39.8 Å². The number of fused-ring (bicyclic) bond motifs is 1. The molecule has 0 saturated heterocycles. The number of aryl methyl sites for hydroxylation is 1. The van der Waals surface area contributed by atoms with E-state index in [1.54, 1.807) is 18.3 Å². The summed E-state index contributed by atoms with van der Waals surface area (Å²) in [7, 11) is 0. The van der Waals surface area contributed by atoms with Crippen LogP contribution in [0.4, 0.5) is 17.6 Å². The minimum Gasteiger partial charge on any atom is -0.406 e. The first-order valence-corrected chi connectivity index (χ1v) is 16.9. The van der Waals surface area contributed by atoms with E-state index >= 15 is 0 Å². The molecule has 0 aliphatic rings. The van der Waals surface area contributed by atoms with Crippen LogP contribution < -0.4 is 32.9 Å². The number of benzene rings is 2. The highest BCUT2D eigenvalue weighted by Gasteiger charge is 2.32. The summed E-state index contributed by atoms with van der Waals surface area (Å²) in [6, 6.07) is 11.6. The van der Waals surface area contributed by atoms with E-state index in [0.717, 1.165) is 35.0 Å². The quantitative estimate of drug-likeness (QED) is 0.0497. The number of aliphatic imine (C=N–C) groups is 1. The first-order valence-electron chi connectivity index (χ1n) is 16.9. The van der Waals surface area contributed by atoms with Gasteiger partial charge in [0, 0.05) is 41.3 Å². The number of alkyl halides is 3. The van der Waals surface area contributed by atoms with Gasteiger partial charge in [-0.1, -0.05) is 60.6 Å². The number of nitrogens with two attached hydrogens (primary N) is 3. The number of H-pyrrole nitrogens is 1. The van der Waals surface area contributed by atoms with Gasteiger partial charge in [0.25, 0.3) is 0 Å². The Labute approximate surface area is 296 Å². The number of nitrogens with one attached hydrogen (secondary N) is 2. The Balaban J connectivity index is 0.000000295. The Morgan fingerprint density at radius 1 is 1.04 bits per heavy atom. The van der Waals surface area contributed by atoms with Crippen LogP contribution in [-0.4, -0.2) is 46.5 Å². The number of nitrogens with zero attached hydrogens (tertiary/aromatic N) is 3. The van der Waals surface area contributed by atoms with Crippen molar-refractivity contribution in [3.05, 3.63) is 87.3 Å². The predicted octanol–water partition coefficient (Wildman–Crippen LogP) is 6.31. The van der Waals surface area contributed by atoms with Crippen LogP contribution in [0.2, 0.25) is 0 Å². The average molecular weight is 717 g/mol. The van der Waals surface area contributed by atoms with E-state index in [9.17, 15) is 22.4 Å². The Bertz CT molecular complexity index is 1830. The molecule has 0 unspecified atom stereocenters. The van der Waals surface area contributed by atoms with Gasteiger partial charge in [-0.3, -0.25) is 9.56 Å². The molecule has 0 aliphatic heterocycles. The summed E-state index contributed by atoms with van der Waals surface area (Å²) in [4.78, 5) is 23.7. The number of hydrogen-bond donors (Lipinski definition) is 5. The van der Waals surface area contributed by atoms with Gasteiger partial charge in [-0.05, 0) is 85.1 Å². The van der Waals surface area contributed by atoms with Crippen molar-refractivity contribution in [3.63, 3.8) is 0 Å². The lowest BCUT2D eigenvalue weighted by Crippen LogP contribution is -2.23. The molecule has 0 amide bonds. The number of ether oxygens (including phenoxy) is 1. The fraction of sp³-hybridized carbons (Fsp3) is 0.486. The molecule has 4 rings (SSSR count). The second-order valence-electron chi connectivity index (χ2n) is 14.8. The summed E-state index contributed by atoms with van der Waals surface area (Å²) < 4.78 is 57.3. The molecule has 2 heterocycles. The first kappa shape index (κ1) is 41.0. The van der Waals surface area contributed by atoms with Gasteiger partial charge in [0.2, 0.25) is 0 Å². The lowest BCUT2D eigenvalue weighted by Gasteiger charge is -2.22. The van der Waals surface area contributed by atoms with Gasteiger partial charge in [0.05, 0.1) is 5.69 Å². The molecule has 2 aromatic heterocycles. The second kappa shape index (κ2) is 17.2. The third-order valence-corrected chi connectivity index (χ3v) is 8.15. The Hall–Kier alpha value is -4.43. The number of halogens is 4. The molecule has 280 valence electrons. The number of rotatable bonds is 12. The highest BCUT2D eigenvalue weighted by molar-refractivity contribution is 5.76. The van der Waals surface area contributed by atoms with Crippen molar-refractivity contribution in [2.75, 3.05) is 19.6 Å². The van der Waals surface area contributed by atoms with E-state index in [2.05, 4.69) is 45.8 Å². The molecule has 10 nitrogen and oxygen atoms in total. The Morgan fingerprint density at radius 2 is 1.75 bits per heavy atom. The van der Waals surface area contributed by atoms with Crippen LogP contribution in [0.5, 0.6) is 5.75 Å². The van der Waals surface area contributed by atoms with Crippen molar-refractivity contribution >= 4 is 17.0 Å². The maximum atomic E-state index is 14.6. The van der Waals surface area contributed by atoms with Gasteiger partial charge in [-0.2, -0.15) is 4.98 Å². The van der Waals surface area contributed by atoms with Crippen molar-refractivity contribution in [2.24, 2.45) is 28.1 Å². The summed E-state index contributed by atoms with van der Waals surface area (Å²) in [6.07, 6.45) is -0.705. The highest BCUT2D eigenvalue weighted by atomic mass is 19.4. The lowest BCUT2D eigenvalue weighted by atomic mass is 9.85. The Morgan fingerprint density at radius 3 is 2.33 bits per heavy atom. The molecule has 8 N–H and O–H groups in total. The largest absolute Gasteiger partial charge is 0.573 e. The topological polar surface area (TPSA) is 162 Å². The number of aromatic nitrogens is 3. The smallest absolute Gasteiger partial charge is 0.406 e. The summed E-state index contributed by atoms with van der Waals surface area (Å²) in [5.74, 6) is -0.130. The maximum absolute atomic E-state index is 14.6. The molecule has 14 heteroatoms. The van der Waals surface area contributed by atoms with E-state index in [-0.39, 0.29) is 28.4 Å². The molecule has 0 fully saturated rings. The molecule has 51 heavy (non-hydrogen) atoms. The fourth-order valence-corrected chi connectivity index (χ4v) is 5.01. The molecular formula is C37H52F4N8O2. The molecule has 0 aliphatic carbocycles. The molecule has 1 atom stereocenters. The minimum atomic E-state index is -4.67. The lowest BCUT2D eigenvalue weighted by molar-refractivity contribution is -0.274. The van der Waals surface area contributed by atoms with Gasteiger partial charge in [-0.15, -0.1) is 13.2 Å². The SMILES string of the molecule is CC(C)(C)c1cc2cn(-c3ccc(CNCCCN=C(N)N)c(F)c3)c(=O)nc2[nH]1.C[C@H](CN)CCc1cc(OC(F)(F)F)cc(C(C)(C)C)c1. The molecule has 4 aromatic rings. The van der Waals surface area contributed by atoms with Crippen LogP contribution in [0.15, 0.2) is 58.4 Å². The van der Waals surface area contributed by atoms with Gasteiger partial charge in [0.15, 0.2) is 5.96 Å². The Kier molecular flexibility index (Phi) is 13.8. The molecule has 0 bridgehead atoms. The third-order valence-electron chi connectivity index (χ3n) is 8.15. The average Bonchev–Trinajstić information content (AvgIpc) is 3.44. The van der Waals surface area contributed by atoms with Crippen molar-refractivity contribution in [3.8, 4) is 11.4 Å². The molecular weight excluding hydrogens is 664 g/mol. The maximum Gasteiger partial charge on any atom is 0.573 e. The van der Waals surface area contributed by atoms with E-state index in [1.165, 1.54) is 22.8 Å². The fourth-order valence-electron chi connectivity index (χ4n) is 5.01. The monoisotopic (exact) mass is 716 g/mol. The van der Waals surface area contributed by atoms with Gasteiger partial charge in [-0.25, -0.2) is 9.18 Å². The predicted molar refractivity (Wildman–Crippen MR) is 196 cm³/mol. The van der Waals surface area contributed by atoms with Crippen LogP contribution in [0.25, 0.3) is 16.7 Å². The summed E-state index contributed by atoms with van der Waals surface area (Å²) >= 11 is 0. The molecule has 0 saturated carbocycles. The van der Waals surface area contributed by atoms with Gasteiger partial charge >= 0.3 is 12.1 Å². The van der Waals surface area contributed by atoms with Crippen LogP contribution in [-0.2, 0) is 23.8 Å². The second-order valence-corrected chi connectivity index (χ2v) is 14.8. The van der Waals surface area contributed by atoms with Gasteiger partial charge in [0.1, 0.15) is 17.2 Å². The molecule has 0 spiro atoms. The van der Waals surface area contributed by atoms with Crippen molar-refractivity contribution < 1.29 is 22.3 Å². The van der Waals surface area contributed by atoms with Crippen molar-refractivity contribution in [1.29, 1.82) is 0 Å². The number of guanidine groups is 1. The van der Waals surface area contributed by atoms with Crippen LogP contribution in [0.3, 0.4) is 0 Å². The highest BCUT2D eigenvalue weighted by Crippen LogP contribution is 2.31. The summed E-state index contributed by atoms with van der Waals surface area (Å²) in [5.41, 5.74) is 19.5. The number of aromatic amines is 1. The molecule has 0 radical (unpaired) electrons. The van der Waals surface area contributed by atoms with E-state index in [4.69, 9.17) is 17.2 Å². The summed E-state index contributed by atoms with van der Waals surface area (Å²) in [5, 5.41) is 3.95. The third kappa shape index (κ3) is 13.0. The van der Waals surface area contributed by atoms with Crippen molar-refractivity contribution in [2.45, 2.75) is 91.5 Å². The minimum absolute atomic E-state index is 0.0637.